The lowest BCUT2D eigenvalue weighted by atomic mass is 9.82. The van der Waals surface area contributed by atoms with Crippen molar-refractivity contribution in [1.82, 2.24) is 25.6 Å². The summed E-state index contributed by atoms with van der Waals surface area (Å²) in [6.45, 7) is 2.81. The van der Waals surface area contributed by atoms with Crippen LogP contribution in [0.15, 0.2) is 0 Å². The van der Waals surface area contributed by atoms with Crippen LogP contribution in [-0.4, -0.2) is 96.9 Å². The molecule has 0 aromatic carbocycles. The van der Waals surface area contributed by atoms with E-state index in [1.807, 2.05) is 4.90 Å². The predicted molar refractivity (Wildman–Crippen MR) is 104 cm³/mol. The average molecular weight is 428 g/mol. The van der Waals surface area contributed by atoms with Crippen LogP contribution in [0, 0.1) is 0 Å². The van der Waals surface area contributed by atoms with Crippen LogP contribution in [0.2, 0.25) is 0 Å². The minimum Gasteiger partial charge on any atom is -0.322 e. The quantitative estimate of drug-likeness (QED) is 0.557. The van der Waals surface area contributed by atoms with Gasteiger partial charge in [-0.2, -0.15) is 5.01 Å². The first-order valence-corrected chi connectivity index (χ1v) is 12.2. The first-order chi connectivity index (χ1) is 13.8. The van der Waals surface area contributed by atoms with Gasteiger partial charge in [0.05, 0.1) is 18.1 Å². The summed E-state index contributed by atoms with van der Waals surface area (Å²) >= 11 is 0. The number of nitrogens with one attached hydrogen (secondary N) is 2. The Morgan fingerprint density at radius 1 is 1.10 bits per heavy atom. The van der Waals surface area contributed by atoms with Gasteiger partial charge in [0, 0.05) is 32.2 Å². The number of carbonyl (C=O) groups is 3. The van der Waals surface area contributed by atoms with E-state index in [9.17, 15) is 22.8 Å². The fourth-order valence-electron chi connectivity index (χ4n) is 4.93. The second-order valence-electron chi connectivity index (χ2n) is 8.62. The van der Waals surface area contributed by atoms with Gasteiger partial charge in [0.15, 0.2) is 9.84 Å². The van der Waals surface area contributed by atoms with E-state index in [1.165, 1.54) is 0 Å². The molecule has 0 radical (unpaired) electrons. The number of carbonyl (C=O) groups excluding carboxylic acids is 3. The monoisotopic (exact) mass is 427 g/mol. The van der Waals surface area contributed by atoms with Crippen molar-refractivity contribution in [3.05, 3.63) is 0 Å². The lowest BCUT2D eigenvalue weighted by Crippen LogP contribution is -2.55. The molecular formula is C18H29N5O5S. The van der Waals surface area contributed by atoms with Crippen LogP contribution in [0.5, 0.6) is 0 Å². The molecule has 1 atom stereocenters. The summed E-state index contributed by atoms with van der Waals surface area (Å²) in [5.41, 5.74) is 1.62. The smallest absolute Gasteiger partial charge is 0.322 e. The Balaban J connectivity index is 1.25. The van der Waals surface area contributed by atoms with Crippen LogP contribution in [-0.2, 0) is 19.4 Å². The van der Waals surface area contributed by atoms with Crippen LogP contribution in [0.1, 0.15) is 38.5 Å². The second-order valence-corrected chi connectivity index (χ2v) is 10.8. The SMILES string of the molecule is O=C(CN1CCN(C2CCS(=O)(=O)C2)CC1)NN1C(=O)NC2(CCCCC2)C1=O. The molecule has 0 aromatic rings. The molecule has 4 aliphatic rings. The van der Waals surface area contributed by atoms with E-state index in [2.05, 4.69) is 15.6 Å². The number of urea groups is 1. The van der Waals surface area contributed by atoms with Crippen molar-refractivity contribution in [3.63, 3.8) is 0 Å². The van der Waals surface area contributed by atoms with Crippen molar-refractivity contribution in [3.8, 4) is 0 Å². The number of sulfone groups is 1. The zero-order valence-electron chi connectivity index (χ0n) is 16.6. The van der Waals surface area contributed by atoms with Gasteiger partial charge in [0.1, 0.15) is 5.54 Å². The minimum absolute atomic E-state index is 0.0774. The Hall–Kier alpha value is -1.72. The van der Waals surface area contributed by atoms with Crippen LogP contribution < -0.4 is 10.7 Å². The highest BCUT2D eigenvalue weighted by atomic mass is 32.2. The van der Waals surface area contributed by atoms with Gasteiger partial charge in [0.25, 0.3) is 11.8 Å². The second kappa shape index (κ2) is 7.84. The maximum absolute atomic E-state index is 12.7. The third-order valence-corrected chi connectivity index (χ3v) is 8.35. The van der Waals surface area contributed by atoms with Crippen molar-refractivity contribution in [2.75, 3.05) is 44.2 Å². The molecule has 1 spiro atoms. The number of hydrazine groups is 1. The number of piperazine rings is 1. The zero-order chi connectivity index (χ0) is 20.6. The van der Waals surface area contributed by atoms with E-state index in [0.29, 0.717) is 45.4 Å². The maximum atomic E-state index is 12.7. The molecule has 1 aliphatic carbocycles. The number of nitrogens with zero attached hydrogens (tertiary/aromatic N) is 3. The molecule has 4 rings (SSSR count). The van der Waals surface area contributed by atoms with Crippen molar-refractivity contribution >= 4 is 27.7 Å². The highest BCUT2D eigenvalue weighted by molar-refractivity contribution is 7.91. The maximum Gasteiger partial charge on any atom is 0.344 e. The van der Waals surface area contributed by atoms with Gasteiger partial charge in [0.2, 0.25) is 0 Å². The fourth-order valence-corrected chi connectivity index (χ4v) is 6.69. The largest absolute Gasteiger partial charge is 0.344 e. The molecule has 29 heavy (non-hydrogen) atoms. The zero-order valence-corrected chi connectivity index (χ0v) is 17.4. The van der Waals surface area contributed by atoms with E-state index in [0.717, 1.165) is 24.3 Å². The van der Waals surface area contributed by atoms with Crippen molar-refractivity contribution in [2.24, 2.45) is 0 Å². The molecule has 162 valence electrons. The Bertz CT molecular complexity index is 786. The fraction of sp³-hybridized carbons (Fsp3) is 0.833. The van der Waals surface area contributed by atoms with Crippen molar-refractivity contribution < 1.29 is 22.8 Å². The molecule has 3 saturated heterocycles. The summed E-state index contributed by atoms with van der Waals surface area (Å²) in [4.78, 5) is 41.5. The molecule has 0 aromatic heterocycles. The first-order valence-electron chi connectivity index (χ1n) is 10.4. The van der Waals surface area contributed by atoms with Crippen LogP contribution in [0.25, 0.3) is 0 Å². The number of hydrogen-bond acceptors (Lipinski definition) is 7. The van der Waals surface area contributed by atoms with Crippen molar-refractivity contribution in [1.29, 1.82) is 0 Å². The third kappa shape index (κ3) is 4.26. The molecule has 11 heteroatoms. The lowest BCUT2D eigenvalue weighted by Gasteiger charge is -2.37. The molecular weight excluding hydrogens is 398 g/mol. The Labute approximate surface area is 170 Å². The highest BCUT2D eigenvalue weighted by Gasteiger charge is 2.52. The van der Waals surface area contributed by atoms with Gasteiger partial charge in [-0.25, -0.2) is 13.2 Å². The van der Waals surface area contributed by atoms with Crippen LogP contribution >= 0.6 is 0 Å². The Kier molecular flexibility index (Phi) is 5.56. The van der Waals surface area contributed by atoms with Crippen LogP contribution in [0.3, 0.4) is 0 Å². The molecule has 3 aliphatic heterocycles. The normalized spacial score (nSPS) is 29.9. The average Bonchev–Trinajstić information content (AvgIpc) is 3.15. The van der Waals surface area contributed by atoms with Gasteiger partial charge in [-0.05, 0) is 19.3 Å². The van der Waals surface area contributed by atoms with Gasteiger partial charge in [-0.3, -0.25) is 24.8 Å². The topological polar surface area (TPSA) is 119 Å². The number of amides is 4. The summed E-state index contributed by atoms with van der Waals surface area (Å²) in [5.74, 6) is -0.268. The summed E-state index contributed by atoms with van der Waals surface area (Å²) in [6.07, 6.45) is 4.74. The molecule has 3 heterocycles. The number of rotatable bonds is 4. The standard InChI is InChI=1S/C18H29N5O5S/c24-15(20-23-16(25)18(19-17(23)26)5-2-1-3-6-18)12-21-7-9-22(10-8-21)14-4-11-29(27,28)13-14/h14H,1-13H2,(H,19,26)(H,20,24). The first kappa shape index (κ1) is 20.5. The Morgan fingerprint density at radius 2 is 1.79 bits per heavy atom. The summed E-state index contributed by atoms with van der Waals surface area (Å²) in [7, 11) is -2.91. The summed E-state index contributed by atoms with van der Waals surface area (Å²) in [6, 6.07) is -0.480. The molecule has 10 nitrogen and oxygen atoms in total. The Morgan fingerprint density at radius 3 is 2.41 bits per heavy atom. The predicted octanol–water partition coefficient (Wildman–Crippen LogP) is -0.923. The van der Waals surface area contributed by atoms with Gasteiger partial charge in [-0.15, -0.1) is 0 Å². The molecule has 0 bridgehead atoms. The van der Waals surface area contributed by atoms with Gasteiger partial charge < -0.3 is 5.32 Å². The van der Waals surface area contributed by atoms with Crippen molar-refractivity contribution in [2.45, 2.75) is 50.1 Å². The van der Waals surface area contributed by atoms with E-state index in [4.69, 9.17) is 0 Å². The van der Waals surface area contributed by atoms with Crippen LogP contribution in [0.4, 0.5) is 4.79 Å². The van der Waals surface area contributed by atoms with E-state index >= 15 is 0 Å². The molecule has 1 unspecified atom stereocenters. The van der Waals surface area contributed by atoms with E-state index < -0.39 is 27.3 Å². The summed E-state index contributed by atoms with van der Waals surface area (Å²) in [5, 5.41) is 3.62. The summed E-state index contributed by atoms with van der Waals surface area (Å²) < 4.78 is 23.3. The molecule has 2 N–H and O–H groups in total. The molecule has 4 amide bonds. The van der Waals surface area contributed by atoms with E-state index in [1.54, 1.807) is 0 Å². The minimum atomic E-state index is -2.91. The number of imide groups is 1. The van der Waals surface area contributed by atoms with E-state index in [-0.39, 0.29) is 30.0 Å². The number of hydrogen-bond donors (Lipinski definition) is 2. The molecule has 4 fully saturated rings. The molecule has 1 saturated carbocycles. The highest BCUT2D eigenvalue weighted by Crippen LogP contribution is 2.33. The third-order valence-electron chi connectivity index (χ3n) is 6.60. The van der Waals surface area contributed by atoms with Gasteiger partial charge in [-0.1, -0.05) is 19.3 Å². The van der Waals surface area contributed by atoms with Gasteiger partial charge >= 0.3 is 6.03 Å². The lowest BCUT2D eigenvalue weighted by molar-refractivity contribution is -0.140.